The lowest BCUT2D eigenvalue weighted by molar-refractivity contribution is -0.385. The van der Waals surface area contributed by atoms with Crippen molar-refractivity contribution >= 4 is 23.3 Å². The maximum Gasteiger partial charge on any atom is 0.343 e. The summed E-state index contributed by atoms with van der Waals surface area (Å²) >= 11 is 5.84. The second kappa shape index (κ2) is 7.60. The van der Waals surface area contributed by atoms with Gasteiger partial charge in [-0.25, -0.2) is 4.79 Å². The molecule has 0 amide bonds. The number of halogens is 1. The number of carbonyl (C=O) groups is 1. The van der Waals surface area contributed by atoms with E-state index < -0.39 is 17.2 Å². The van der Waals surface area contributed by atoms with Crippen LogP contribution in [-0.4, -0.2) is 24.1 Å². The lowest BCUT2D eigenvalue weighted by atomic mass is 10.1. The van der Waals surface area contributed by atoms with E-state index in [0.717, 1.165) is 6.42 Å². The number of benzene rings is 2. The summed E-state index contributed by atoms with van der Waals surface area (Å²) < 4.78 is 16.0. The zero-order valence-electron chi connectivity index (χ0n) is 13.0. The number of carbonyl (C=O) groups excluding carboxylic acids is 1. The van der Waals surface area contributed by atoms with Crippen molar-refractivity contribution in [2.45, 2.75) is 12.7 Å². The molecule has 0 saturated carbocycles. The molecule has 0 bridgehead atoms. The van der Waals surface area contributed by atoms with Gasteiger partial charge in [0.05, 0.1) is 23.7 Å². The predicted molar refractivity (Wildman–Crippen MR) is 88.8 cm³/mol. The lowest BCUT2D eigenvalue weighted by Crippen LogP contribution is -2.18. The van der Waals surface area contributed by atoms with Gasteiger partial charge in [0.15, 0.2) is 6.29 Å². The van der Waals surface area contributed by atoms with Crippen molar-refractivity contribution < 1.29 is 23.9 Å². The maximum atomic E-state index is 12.2. The topological polar surface area (TPSA) is 87.9 Å². The number of hydrogen-bond donors (Lipinski definition) is 0. The van der Waals surface area contributed by atoms with Crippen LogP contribution in [0.5, 0.6) is 5.75 Å². The molecule has 25 heavy (non-hydrogen) atoms. The summed E-state index contributed by atoms with van der Waals surface area (Å²) in [6.45, 7) is 1.04. The highest BCUT2D eigenvalue weighted by molar-refractivity contribution is 6.30. The summed E-state index contributed by atoms with van der Waals surface area (Å²) in [5.41, 5.74) is 0.351. The minimum Gasteiger partial charge on any atom is -0.416 e. The second-order valence-corrected chi connectivity index (χ2v) is 5.75. The van der Waals surface area contributed by atoms with Gasteiger partial charge in [-0.1, -0.05) is 17.7 Å². The molecule has 0 aliphatic carbocycles. The van der Waals surface area contributed by atoms with E-state index in [9.17, 15) is 14.9 Å². The zero-order valence-corrected chi connectivity index (χ0v) is 13.8. The molecule has 1 aliphatic heterocycles. The third-order valence-corrected chi connectivity index (χ3v) is 3.78. The highest BCUT2D eigenvalue weighted by Gasteiger charge is 2.24. The maximum absolute atomic E-state index is 12.2. The fourth-order valence-corrected chi connectivity index (χ4v) is 2.55. The van der Waals surface area contributed by atoms with E-state index in [4.69, 9.17) is 25.8 Å². The Bertz CT molecular complexity index is 803. The van der Waals surface area contributed by atoms with Crippen LogP contribution >= 0.6 is 11.6 Å². The van der Waals surface area contributed by atoms with Crippen LogP contribution < -0.4 is 4.74 Å². The van der Waals surface area contributed by atoms with Crippen LogP contribution in [0.4, 0.5) is 5.69 Å². The molecular weight excluding hydrogens is 350 g/mol. The van der Waals surface area contributed by atoms with Crippen molar-refractivity contribution in [1.82, 2.24) is 0 Å². The molecule has 0 atom stereocenters. The van der Waals surface area contributed by atoms with E-state index in [-0.39, 0.29) is 17.0 Å². The van der Waals surface area contributed by atoms with Gasteiger partial charge in [0.25, 0.3) is 0 Å². The summed E-state index contributed by atoms with van der Waals surface area (Å²) in [4.78, 5) is 22.9. The average molecular weight is 364 g/mol. The van der Waals surface area contributed by atoms with Crippen molar-refractivity contribution in [2.24, 2.45) is 0 Å². The zero-order chi connectivity index (χ0) is 17.8. The van der Waals surface area contributed by atoms with Gasteiger partial charge in [0, 0.05) is 16.7 Å². The van der Waals surface area contributed by atoms with Crippen LogP contribution in [0.3, 0.4) is 0 Å². The summed E-state index contributed by atoms with van der Waals surface area (Å²) in [5, 5.41) is 11.7. The van der Waals surface area contributed by atoms with Gasteiger partial charge in [-0.3, -0.25) is 10.1 Å². The fourth-order valence-electron chi connectivity index (χ4n) is 2.36. The molecule has 3 rings (SSSR count). The molecule has 0 N–H and O–H groups in total. The first kappa shape index (κ1) is 17.3. The largest absolute Gasteiger partial charge is 0.416 e. The van der Waals surface area contributed by atoms with E-state index in [1.54, 1.807) is 18.2 Å². The number of esters is 1. The number of rotatable bonds is 4. The molecule has 2 aromatic carbocycles. The molecular formula is C17H14ClNO6. The normalized spacial score (nSPS) is 14.9. The summed E-state index contributed by atoms with van der Waals surface area (Å²) in [5.74, 6) is -0.891. The fraction of sp³-hybridized carbons (Fsp3) is 0.235. The Kier molecular flexibility index (Phi) is 5.28. The second-order valence-electron chi connectivity index (χ2n) is 5.31. The summed E-state index contributed by atoms with van der Waals surface area (Å²) in [6, 6.07) is 10.4. The van der Waals surface area contributed by atoms with Crippen molar-refractivity contribution in [1.29, 1.82) is 0 Å². The van der Waals surface area contributed by atoms with Crippen molar-refractivity contribution in [3.8, 4) is 5.75 Å². The Balaban J connectivity index is 1.85. The molecule has 8 heteroatoms. The minimum absolute atomic E-state index is 0.158. The standard InChI is InChI=1S/C17H14ClNO6/c18-13-4-1-3-11(9-13)16(20)25-15-6-5-12(10-14(15)19(21)22)17-23-7-2-8-24-17/h1,3-6,9-10,17H,2,7-8H2. The molecule has 1 fully saturated rings. The molecule has 2 aromatic rings. The Labute approximate surface area is 148 Å². The van der Waals surface area contributed by atoms with Crippen molar-refractivity contribution in [3.63, 3.8) is 0 Å². The number of nitro benzene ring substituents is 1. The molecule has 0 unspecified atom stereocenters. The lowest BCUT2D eigenvalue weighted by Gasteiger charge is -2.23. The molecule has 0 spiro atoms. The third kappa shape index (κ3) is 4.14. The number of nitrogens with zero attached hydrogens (tertiary/aromatic N) is 1. The Hall–Kier alpha value is -2.48. The van der Waals surface area contributed by atoms with Crippen LogP contribution in [-0.2, 0) is 9.47 Å². The number of ether oxygens (including phenoxy) is 3. The first-order valence-corrected chi connectivity index (χ1v) is 7.91. The molecule has 7 nitrogen and oxygen atoms in total. The van der Waals surface area contributed by atoms with Gasteiger partial charge >= 0.3 is 11.7 Å². The minimum atomic E-state index is -0.733. The van der Waals surface area contributed by atoms with Crippen LogP contribution in [0.25, 0.3) is 0 Å². The Morgan fingerprint density at radius 3 is 2.64 bits per heavy atom. The smallest absolute Gasteiger partial charge is 0.343 e. The molecule has 130 valence electrons. The quantitative estimate of drug-likeness (QED) is 0.354. The first-order chi connectivity index (χ1) is 12.0. The highest BCUT2D eigenvalue weighted by atomic mass is 35.5. The van der Waals surface area contributed by atoms with Gasteiger partial charge in [-0.05, 0) is 36.8 Å². The van der Waals surface area contributed by atoms with Crippen molar-refractivity contribution in [3.05, 3.63) is 68.7 Å². The van der Waals surface area contributed by atoms with Crippen LogP contribution in [0.2, 0.25) is 5.02 Å². The van der Waals surface area contributed by atoms with Gasteiger partial charge in [-0.2, -0.15) is 0 Å². The van der Waals surface area contributed by atoms with E-state index in [1.807, 2.05) is 0 Å². The third-order valence-electron chi connectivity index (χ3n) is 3.54. The molecule has 0 radical (unpaired) electrons. The SMILES string of the molecule is O=C(Oc1ccc(C2OCCCO2)cc1[N+](=O)[O-])c1cccc(Cl)c1. The van der Waals surface area contributed by atoms with E-state index in [1.165, 1.54) is 24.3 Å². The van der Waals surface area contributed by atoms with E-state index in [2.05, 4.69) is 0 Å². The Morgan fingerprint density at radius 1 is 1.20 bits per heavy atom. The Morgan fingerprint density at radius 2 is 1.96 bits per heavy atom. The van der Waals surface area contributed by atoms with Crippen LogP contribution in [0.15, 0.2) is 42.5 Å². The predicted octanol–water partition coefficient (Wildman–Crippen LogP) is 3.90. The summed E-state index contributed by atoms with van der Waals surface area (Å²) in [7, 11) is 0. The number of hydrogen-bond acceptors (Lipinski definition) is 6. The average Bonchev–Trinajstić information content (AvgIpc) is 2.62. The van der Waals surface area contributed by atoms with Gasteiger partial charge in [0.1, 0.15) is 0 Å². The molecule has 1 heterocycles. The van der Waals surface area contributed by atoms with Gasteiger partial charge < -0.3 is 14.2 Å². The van der Waals surface area contributed by atoms with Gasteiger partial charge in [0.2, 0.25) is 5.75 Å². The van der Waals surface area contributed by atoms with Crippen LogP contribution in [0, 0.1) is 10.1 Å². The van der Waals surface area contributed by atoms with Gasteiger partial charge in [-0.15, -0.1) is 0 Å². The van der Waals surface area contributed by atoms with Crippen molar-refractivity contribution in [2.75, 3.05) is 13.2 Å². The highest BCUT2D eigenvalue weighted by Crippen LogP contribution is 2.33. The number of nitro groups is 1. The first-order valence-electron chi connectivity index (χ1n) is 7.54. The molecule has 0 aromatic heterocycles. The monoisotopic (exact) mass is 363 g/mol. The molecule has 1 saturated heterocycles. The van der Waals surface area contributed by atoms with E-state index in [0.29, 0.717) is 23.8 Å². The van der Waals surface area contributed by atoms with Crippen LogP contribution in [0.1, 0.15) is 28.6 Å². The van der Waals surface area contributed by atoms with E-state index >= 15 is 0 Å². The molecule has 1 aliphatic rings. The summed E-state index contributed by atoms with van der Waals surface area (Å²) in [6.07, 6.45) is 0.110.